The minimum Gasteiger partial charge on any atom is -0.337 e. The average Bonchev–Trinajstić information content (AvgIpc) is 2.62. The molecule has 0 aliphatic carbocycles. The summed E-state index contributed by atoms with van der Waals surface area (Å²) in [6, 6.07) is 4.44. The van der Waals surface area contributed by atoms with Crippen LogP contribution in [0, 0.1) is 5.41 Å². The summed E-state index contributed by atoms with van der Waals surface area (Å²) >= 11 is 0. The number of amides is 4. The summed E-state index contributed by atoms with van der Waals surface area (Å²) in [6.07, 6.45) is 0. The number of nitrogens with one attached hydrogen (secondary N) is 2. The Bertz CT molecular complexity index is 617. The Labute approximate surface area is 123 Å². The number of anilines is 1. The van der Waals surface area contributed by atoms with Crippen LogP contribution in [0.5, 0.6) is 0 Å². The molecule has 2 N–H and O–H groups in total. The minimum atomic E-state index is -0.401. The van der Waals surface area contributed by atoms with Crippen molar-refractivity contribution in [1.29, 1.82) is 0 Å². The standard InChI is InChI=1S/C15H19N3O3/c1-15(2,3)8-16-14(21)17-10-7-5-6-9-11(10)13(20)18(4)12(9)19/h5-7H,8H2,1-4H3,(H2,16,17,21). The van der Waals surface area contributed by atoms with Gasteiger partial charge >= 0.3 is 6.03 Å². The molecule has 4 amide bonds. The Morgan fingerprint density at radius 2 is 1.86 bits per heavy atom. The highest BCUT2D eigenvalue weighted by Crippen LogP contribution is 2.28. The fourth-order valence-electron chi connectivity index (χ4n) is 2.02. The third kappa shape index (κ3) is 3.04. The van der Waals surface area contributed by atoms with Gasteiger partial charge in [-0.1, -0.05) is 26.8 Å². The molecule has 0 saturated heterocycles. The summed E-state index contributed by atoms with van der Waals surface area (Å²) in [5.41, 5.74) is 0.871. The van der Waals surface area contributed by atoms with E-state index < -0.39 is 11.9 Å². The maximum absolute atomic E-state index is 12.1. The molecule has 0 radical (unpaired) electrons. The monoisotopic (exact) mass is 289 g/mol. The van der Waals surface area contributed by atoms with Crippen LogP contribution in [0.3, 0.4) is 0 Å². The van der Waals surface area contributed by atoms with Gasteiger partial charge in [-0.15, -0.1) is 0 Å². The molecule has 112 valence electrons. The Morgan fingerprint density at radius 1 is 1.19 bits per heavy atom. The summed E-state index contributed by atoms with van der Waals surface area (Å²) in [4.78, 5) is 36.9. The van der Waals surface area contributed by atoms with Crippen LogP contribution in [-0.4, -0.2) is 36.3 Å². The first-order valence-electron chi connectivity index (χ1n) is 6.71. The summed E-state index contributed by atoms with van der Waals surface area (Å²) < 4.78 is 0. The van der Waals surface area contributed by atoms with E-state index in [-0.39, 0.29) is 16.9 Å². The molecule has 0 atom stereocenters. The average molecular weight is 289 g/mol. The Hall–Kier alpha value is -2.37. The molecule has 1 heterocycles. The lowest BCUT2D eigenvalue weighted by atomic mass is 9.97. The van der Waals surface area contributed by atoms with Crippen molar-refractivity contribution < 1.29 is 14.4 Å². The maximum Gasteiger partial charge on any atom is 0.319 e. The fraction of sp³-hybridized carbons (Fsp3) is 0.400. The normalized spacial score (nSPS) is 14.2. The van der Waals surface area contributed by atoms with Crippen molar-refractivity contribution in [2.75, 3.05) is 18.9 Å². The van der Waals surface area contributed by atoms with E-state index in [1.165, 1.54) is 7.05 Å². The van der Waals surface area contributed by atoms with Gasteiger partial charge in [-0.2, -0.15) is 0 Å². The van der Waals surface area contributed by atoms with Gasteiger partial charge in [-0.05, 0) is 17.5 Å². The number of fused-ring (bicyclic) bond motifs is 1. The van der Waals surface area contributed by atoms with Crippen LogP contribution in [0.15, 0.2) is 18.2 Å². The maximum atomic E-state index is 12.1. The van der Waals surface area contributed by atoms with Crippen molar-refractivity contribution in [3.05, 3.63) is 29.3 Å². The number of carbonyl (C=O) groups excluding carboxylic acids is 3. The molecule has 6 heteroatoms. The van der Waals surface area contributed by atoms with Crippen LogP contribution >= 0.6 is 0 Å². The van der Waals surface area contributed by atoms with Gasteiger partial charge in [-0.25, -0.2) is 4.79 Å². The lowest BCUT2D eigenvalue weighted by Crippen LogP contribution is -2.35. The van der Waals surface area contributed by atoms with Crippen LogP contribution < -0.4 is 10.6 Å². The van der Waals surface area contributed by atoms with E-state index in [2.05, 4.69) is 10.6 Å². The number of benzene rings is 1. The molecule has 0 spiro atoms. The van der Waals surface area contributed by atoms with Crippen LogP contribution in [0.4, 0.5) is 10.5 Å². The third-order valence-corrected chi connectivity index (χ3v) is 3.15. The first-order chi connectivity index (χ1) is 9.70. The molecule has 0 unspecified atom stereocenters. The molecule has 2 rings (SSSR count). The molecule has 6 nitrogen and oxygen atoms in total. The lowest BCUT2D eigenvalue weighted by molar-refractivity contribution is 0.0693. The predicted molar refractivity (Wildman–Crippen MR) is 79.3 cm³/mol. The van der Waals surface area contributed by atoms with Crippen molar-refractivity contribution >= 4 is 23.5 Å². The zero-order valence-electron chi connectivity index (χ0n) is 12.6. The van der Waals surface area contributed by atoms with E-state index >= 15 is 0 Å². The van der Waals surface area contributed by atoms with Crippen LogP contribution in [0.2, 0.25) is 0 Å². The van der Waals surface area contributed by atoms with E-state index in [0.29, 0.717) is 17.8 Å². The quantitative estimate of drug-likeness (QED) is 0.818. The highest BCUT2D eigenvalue weighted by atomic mass is 16.2. The topological polar surface area (TPSA) is 78.5 Å². The second kappa shape index (κ2) is 5.20. The van der Waals surface area contributed by atoms with E-state index in [1.807, 2.05) is 20.8 Å². The van der Waals surface area contributed by atoms with Gasteiger partial charge in [0.15, 0.2) is 0 Å². The second-order valence-electron chi connectivity index (χ2n) is 6.27. The first kappa shape index (κ1) is 15.0. The molecule has 0 saturated carbocycles. The molecule has 1 aliphatic rings. The van der Waals surface area contributed by atoms with E-state index in [9.17, 15) is 14.4 Å². The van der Waals surface area contributed by atoms with Gasteiger partial charge in [0.1, 0.15) is 0 Å². The minimum absolute atomic E-state index is 0.0397. The molecule has 21 heavy (non-hydrogen) atoms. The SMILES string of the molecule is CN1C(=O)c2cccc(NC(=O)NCC(C)(C)C)c2C1=O. The van der Waals surface area contributed by atoms with Gasteiger partial charge in [0, 0.05) is 13.6 Å². The number of rotatable bonds is 2. The fourth-order valence-corrected chi connectivity index (χ4v) is 2.02. The van der Waals surface area contributed by atoms with Gasteiger partial charge in [0.25, 0.3) is 11.8 Å². The molecule has 1 aromatic carbocycles. The molecule has 0 bridgehead atoms. The molecule has 0 fully saturated rings. The third-order valence-electron chi connectivity index (χ3n) is 3.15. The van der Waals surface area contributed by atoms with Crippen LogP contribution in [0.1, 0.15) is 41.5 Å². The van der Waals surface area contributed by atoms with Crippen molar-refractivity contribution in [2.24, 2.45) is 5.41 Å². The summed E-state index contributed by atoms with van der Waals surface area (Å²) in [7, 11) is 1.42. The highest BCUT2D eigenvalue weighted by molar-refractivity contribution is 6.24. The van der Waals surface area contributed by atoms with E-state index in [4.69, 9.17) is 0 Å². The second-order valence-corrected chi connectivity index (χ2v) is 6.27. The number of hydrogen-bond acceptors (Lipinski definition) is 3. The zero-order valence-corrected chi connectivity index (χ0v) is 12.6. The number of imide groups is 1. The van der Waals surface area contributed by atoms with Crippen molar-refractivity contribution in [1.82, 2.24) is 10.2 Å². The Balaban J connectivity index is 2.19. The highest BCUT2D eigenvalue weighted by Gasteiger charge is 2.35. The van der Waals surface area contributed by atoms with Crippen molar-refractivity contribution in [3.8, 4) is 0 Å². The Kier molecular flexibility index (Phi) is 3.72. The molecule has 1 aromatic rings. The summed E-state index contributed by atoms with van der Waals surface area (Å²) in [6.45, 7) is 6.51. The van der Waals surface area contributed by atoms with Gasteiger partial charge < -0.3 is 10.6 Å². The first-order valence-corrected chi connectivity index (χ1v) is 6.71. The molecular weight excluding hydrogens is 270 g/mol. The number of nitrogens with zero attached hydrogens (tertiary/aromatic N) is 1. The zero-order chi connectivity index (χ0) is 15.8. The van der Waals surface area contributed by atoms with Gasteiger partial charge in [0.2, 0.25) is 0 Å². The van der Waals surface area contributed by atoms with E-state index in [1.54, 1.807) is 18.2 Å². The lowest BCUT2D eigenvalue weighted by Gasteiger charge is -2.19. The summed E-state index contributed by atoms with van der Waals surface area (Å²) in [5.74, 6) is -0.754. The summed E-state index contributed by atoms with van der Waals surface area (Å²) in [5, 5.41) is 5.38. The molecular formula is C15H19N3O3. The molecule has 1 aliphatic heterocycles. The Morgan fingerprint density at radius 3 is 2.48 bits per heavy atom. The van der Waals surface area contributed by atoms with Crippen molar-refractivity contribution in [2.45, 2.75) is 20.8 Å². The number of urea groups is 1. The van der Waals surface area contributed by atoms with Crippen LogP contribution in [-0.2, 0) is 0 Å². The largest absolute Gasteiger partial charge is 0.337 e. The van der Waals surface area contributed by atoms with Crippen LogP contribution in [0.25, 0.3) is 0 Å². The van der Waals surface area contributed by atoms with Gasteiger partial charge in [-0.3, -0.25) is 14.5 Å². The van der Waals surface area contributed by atoms with Gasteiger partial charge in [0.05, 0.1) is 16.8 Å². The van der Waals surface area contributed by atoms with E-state index in [0.717, 1.165) is 4.90 Å². The number of carbonyl (C=O) groups is 3. The predicted octanol–water partition coefficient (Wildman–Crippen LogP) is 2.08. The smallest absolute Gasteiger partial charge is 0.319 e. The van der Waals surface area contributed by atoms with Crippen molar-refractivity contribution in [3.63, 3.8) is 0 Å². The molecule has 0 aromatic heterocycles. The number of hydrogen-bond donors (Lipinski definition) is 2.